The summed E-state index contributed by atoms with van der Waals surface area (Å²) in [5, 5.41) is 9.09. The van der Waals surface area contributed by atoms with Crippen LogP contribution in [-0.2, 0) is 0 Å². The van der Waals surface area contributed by atoms with E-state index in [1.165, 1.54) is 0 Å². The molecular weight excluding hydrogens is 318 g/mol. The molecule has 14 heavy (non-hydrogen) atoms. The number of aromatic amines is 1. The van der Waals surface area contributed by atoms with Crippen molar-refractivity contribution in [3.63, 3.8) is 0 Å². The molecule has 0 saturated carbocycles. The first-order chi connectivity index (χ1) is 6.31. The topological polar surface area (TPSA) is 62.3 Å². The van der Waals surface area contributed by atoms with Crippen LogP contribution in [0.1, 0.15) is 0 Å². The number of hydrogen-bond acceptors (Lipinski definition) is 3. The van der Waals surface area contributed by atoms with E-state index in [4.69, 9.17) is 5.11 Å². The van der Waals surface area contributed by atoms with E-state index in [9.17, 15) is 18.0 Å². The lowest BCUT2D eigenvalue weighted by molar-refractivity contribution is -0.275. The number of alkyl halides is 3. The van der Waals surface area contributed by atoms with Crippen molar-refractivity contribution in [3.8, 4) is 11.5 Å². The highest BCUT2D eigenvalue weighted by atomic mass is 127. The molecule has 78 valence electrons. The average Bonchev–Trinajstić information content (AvgIpc) is 2.04. The third-order valence-corrected chi connectivity index (χ3v) is 2.02. The maximum Gasteiger partial charge on any atom is 0.573 e. The average molecular weight is 321 g/mol. The van der Waals surface area contributed by atoms with Crippen LogP contribution in [0.5, 0.6) is 11.5 Å². The smallest absolute Gasteiger partial charge is 0.503 e. The van der Waals surface area contributed by atoms with Gasteiger partial charge in [-0.3, -0.25) is 4.79 Å². The fraction of sp³-hybridized carbons (Fsp3) is 0.167. The van der Waals surface area contributed by atoms with Crippen molar-refractivity contribution in [1.82, 2.24) is 4.98 Å². The molecule has 0 aromatic carbocycles. The highest BCUT2D eigenvalue weighted by Crippen LogP contribution is 2.30. The molecule has 0 amide bonds. The molecule has 0 aliphatic carbocycles. The Morgan fingerprint density at radius 3 is 2.57 bits per heavy atom. The van der Waals surface area contributed by atoms with Crippen molar-refractivity contribution >= 4 is 22.6 Å². The number of aromatic nitrogens is 1. The minimum atomic E-state index is -5.01. The van der Waals surface area contributed by atoms with Crippen molar-refractivity contribution in [3.05, 3.63) is 20.1 Å². The van der Waals surface area contributed by atoms with Crippen LogP contribution in [0, 0.1) is 3.57 Å². The van der Waals surface area contributed by atoms with Gasteiger partial charge in [0, 0.05) is 6.20 Å². The SMILES string of the molecule is O=c1[nH]cc(I)c(O)c1OC(F)(F)F. The standard InChI is InChI=1S/C6H3F3INO3/c7-6(8,9)14-4-3(12)2(10)1-11-5(4)13/h1H,(H2,11,12,13). The quantitative estimate of drug-likeness (QED) is 0.772. The number of aromatic hydroxyl groups is 1. The maximum atomic E-state index is 11.7. The molecule has 2 N–H and O–H groups in total. The van der Waals surface area contributed by atoms with E-state index in [-0.39, 0.29) is 3.57 Å². The second-order valence-corrected chi connectivity index (χ2v) is 3.35. The predicted molar refractivity (Wildman–Crippen MR) is 48.1 cm³/mol. The van der Waals surface area contributed by atoms with Gasteiger partial charge < -0.3 is 14.8 Å². The van der Waals surface area contributed by atoms with Gasteiger partial charge in [-0.2, -0.15) is 0 Å². The summed E-state index contributed by atoms with van der Waals surface area (Å²) in [7, 11) is 0. The van der Waals surface area contributed by atoms with Crippen molar-refractivity contribution in [2.45, 2.75) is 6.36 Å². The summed E-state index contributed by atoms with van der Waals surface area (Å²) in [6, 6.07) is 0. The van der Waals surface area contributed by atoms with Crippen LogP contribution in [0.3, 0.4) is 0 Å². The minimum absolute atomic E-state index is 0.0569. The Kier molecular flexibility index (Phi) is 2.92. The molecule has 0 aliphatic rings. The molecule has 0 unspecified atom stereocenters. The van der Waals surface area contributed by atoms with Gasteiger partial charge in [0.05, 0.1) is 3.57 Å². The summed E-state index contributed by atoms with van der Waals surface area (Å²) in [5.74, 6) is -1.98. The fourth-order valence-electron chi connectivity index (χ4n) is 0.689. The predicted octanol–water partition coefficient (Wildman–Crippen LogP) is 1.58. The Labute approximate surface area is 88.8 Å². The van der Waals surface area contributed by atoms with Gasteiger partial charge in [-0.15, -0.1) is 13.2 Å². The van der Waals surface area contributed by atoms with Gasteiger partial charge in [-0.25, -0.2) is 0 Å². The zero-order chi connectivity index (χ0) is 10.9. The number of nitrogens with one attached hydrogen (secondary N) is 1. The van der Waals surface area contributed by atoms with Crippen LogP contribution >= 0.6 is 22.6 Å². The zero-order valence-corrected chi connectivity index (χ0v) is 8.51. The summed E-state index contributed by atoms with van der Waals surface area (Å²) in [6.45, 7) is 0. The minimum Gasteiger partial charge on any atom is -0.503 e. The van der Waals surface area contributed by atoms with Crippen molar-refractivity contribution < 1.29 is 23.0 Å². The van der Waals surface area contributed by atoms with E-state index >= 15 is 0 Å². The van der Waals surface area contributed by atoms with Crippen LogP contribution in [0.25, 0.3) is 0 Å². The highest BCUT2D eigenvalue weighted by molar-refractivity contribution is 14.1. The molecule has 0 fully saturated rings. The second-order valence-electron chi connectivity index (χ2n) is 2.19. The fourth-order valence-corrected chi connectivity index (χ4v) is 1.09. The molecular formula is C6H3F3INO3. The maximum absolute atomic E-state index is 11.7. The summed E-state index contributed by atoms with van der Waals surface area (Å²) >= 11 is 1.55. The normalized spacial score (nSPS) is 11.4. The highest BCUT2D eigenvalue weighted by Gasteiger charge is 2.34. The molecule has 1 aromatic rings. The lowest BCUT2D eigenvalue weighted by Crippen LogP contribution is -2.22. The van der Waals surface area contributed by atoms with Gasteiger partial charge in [0.25, 0.3) is 5.56 Å². The van der Waals surface area contributed by atoms with Gasteiger partial charge in [0.1, 0.15) is 0 Å². The summed E-state index contributed by atoms with van der Waals surface area (Å²) in [4.78, 5) is 12.8. The number of pyridine rings is 1. The van der Waals surface area contributed by atoms with Crippen molar-refractivity contribution in [2.24, 2.45) is 0 Å². The third kappa shape index (κ3) is 2.53. The molecule has 8 heteroatoms. The van der Waals surface area contributed by atoms with Crippen molar-refractivity contribution in [1.29, 1.82) is 0 Å². The van der Waals surface area contributed by atoms with Gasteiger partial charge in [0.15, 0.2) is 5.75 Å². The van der Waals surface area contributed by atoms with Crippen molar-refractivity contribution in [2.75, 3.05) is 0 Å². The van der Waals surface area contributed by atoms with E-state index in [0.717, 1.165) is 6.20 Å². The van der Waals surface area contributed by atoms with E-state index in [2.05, 4.69) is 4.74 Å². The largest absolute Gasteiger partial charge is 0.573 e. The molecule has 0 atom stereocenters. The van der Waals surface area contributed by atoms with Crippen LogP contribution in [-0.4, -0.2) is 16.5 Å². The number of rotatable bonds is 1. The second kappa shape index (κ2) is 3.67. The van der Waals surface area contributed by atoms with Gasteiger partial charge >= 0.3 is 6.36 Å². The number of halogens is 4. The molecule has 0 bridgehead atoms. The molecule has 0 spiro atoms. The number of ether oxygens (including phenoxy) is 1. The van der Waals surface area contributed by atoms with Crippen LogP contribution in [0.4, 0.5) is 13.2 Å². The number of hydrogen-bond donors (Lipinski definition) is 2. The van der Waals surface area contributed by atoms with E-state index in [1.807, 2.05) is 4.98 Å². The molecule has 1 heterocycles. The van der Waals surface area contributed by atoms with E-state index in [0.29, 0.717) is 0 Å². The van der Waals surface area contributed by atoms with E-state index in [1.54, 1.807) is 22.6 Å². The molecule has 1 aromatic heterocycles. The Morgan fingerprint density at radius 1 is 1.50 bits per heavy atom. The van der Waals surface area contributed by atoms with Crippen LogP contribution in [0.15, 0.2) is 11.0 Å². The third-order valence-electron chi connectivity index (χ3n) is 1.20. The Bertz CT molecular complexity index is 400. The monoisotopic (exact) mass is 321 g/mol. The molecule has 0 saturated heterocycles. The summed E-state index contributed by atoms with van der Waals surface area (Å²) < 4.78 is 38.6. The van der Waals surface area contributed by atoms with Gasteiger partial charge in [-0.1, -0.05) is 0 Å². The Morgan fingerprint density at radius 2 is 2.07 bits per heavy atom. The molecule has 4 nitrogen and oxygen atoms in total. The summed E-state index contributed by atoms with van der Waals surface area (Å²) in [6.07, 6.45) is -3.93. The molecule has 0 aliphatic heterocycles. The first kappa shape index (κ1) is 11.1. The van der Waals surface area contributed by atoms with Gasteiger partial charge in [0.2, 0.25) is 5.75 Å². The summed E-state index contributed by atoms with van der Waals surface area (Å²) in [5.41, 5.74) is -1.14. The van der Waals surface area contributed by atoms with Gasteiger partial charge in [-0.05, 0) is 22.6 Å². The molecule has 1 rings (SSSR count). The zero-order valence-electron chi connectivity index (χ0n) is 6.35. The van der Waals surface area contributed by atoms with E-state index < -0.39 is 23.4 Å². The lowest BCUT2D eigenvalue weighted by Gasteiger charge is -2.09. The first-order valence-electron chi connectivity index (χ1n) is 3.17. The Hall–Kier alpha value is -0.930. The van der Waals surface area contributed by atoms with Crippen LogP contribution < -0.4 is 10.3 Å². The Balaban J connectivity index is 3.20. The first-order valence-corrected chi connectivity index (χ1v) is 4.25. The lowest BCUT2D eigenvalue weighted by atomic mass is 10.4. The molecule has 0 radical (unpaired) electrons. The van der Waals surface area contributed by atoms with Crippen LogP contribution in [0.2, 0.25) is 0 Å². The number of H-pyrrole nitrogens is 1.